The number of hydrogen-bond donors (Lipinski definition) is 0. The van der Waals surface area contributed by atoms with E-state index in [0.29, 0.717) is 10.8 Å². The van der Waals surface area contributed by atoms with Gasteiger partial charge < -0.3 is 0 Å². The summed E-state index contributed by atoms with van der Waals surface area (Å²) in [5.41, 5.74) is 3.94. The molecule has 0 aromatic rings. The zero-order valence-electron chi connectivity index (χ0n) is 12.6. The molecule has 0 heterocycles. The average molecular weight is 244 g/mol. The van der Waals surface area contributed by atoms with Gasteiger partial charge in [0.25, 0.3) is 0 Å². The van der Waals surface area contributed by atoms with Crippen molar-refractivity contribution >= 4 is 0 Å². The van der Waals surface area contributed by atoms with Gasteiger partial charge >= 0.3 is 0 Å². The van der Waals surface area contributed by atoms with E-state index in [1.165, 1.54) is 38.5 Å². The largest absolute Gasteiger partial charge is 0.0855 e. The van der Waals surface area contributed by atoms with E-state index in [0.717, 1.165) is 0 Å². The molecule has 0 nitrogen and oxygen atoms in total. The zero-order valence-corrected chi connectivity index (χ0v) is 12.6. The standard InChI is InChI=1S/C18H28/c1-15-7-5-9-17(3,13-15)11-12-18(4)10-6-8-16(2)14-18/h7-8,11-12H,5-6,9-10,13-14H2,1-4H3. The Morgan fingerprint density at radius 1 is 0.833 bits per heavy atom. The van der Waals surface area contributed by atoms with Crippen LogP contribution in [0.1, 0.15) is 66.2 Å². The first kappa shape index (κ1) is 13.6. The summed E-state index contributed by atoms with van der Waals surface area (Å²) < 4.78 is 0. The van der Waals surface area contributed by atoms with Gasteiger partial charge in [-0.2, -0.15) is 0 Å². The fraction of sp³-hybridized carbons (Fsp3) is 0.667. The average Bonchev–Trinajstić information content (AvgIpc) is 2.26. The van der Waals surface area contributed by atoms with E-state index in [9.17, 15) is 0 Å². The molecule has 0 heteroatoms. The van der Waals surface area contributed by atoms with Gasteiger partial charge in [-0.15, -0.1) is 0 Å². The predicted molar refractivity (Wildman–Crippen MR) is 80.6 cm³/mol. The van der Waals surface area contributed by atoms with E-state index < -0.39 is 0 Å². The topological polar surface area (TPSA) is 0 Å². The van der Waals surface area contributed by atoms with Crippen LogP contribution in [0, 0.1) is 10.8 Å². The summed E-state index contributed by atoms with van der Waals surface area (Å²) in [5, 5.41) is 0. The lowest BCUT2D eigenvalue weighted by atomic mass is 9.71. The molecule has 0 aliphatic heterocycles. The Morgan fingerprint density at radius 3 is 1.56 bits per heavy atom. The third-order valence-electron chi connectivity index (χ3n) is 4.67. The van der Waals surface area contributed by atoms with E-state index >= 15 is 0 Å². The first-order chi connectivity index (χ1) is 8.41. The van der Waals surface area contributed by atoms with E-state index in [1.807, 2.05) is 0 Å². The van der Waals surface area contributed by atoms with Gasteiger partial charge in [0.05, 0.1) is 0 Å². The number of allylic oxidation sites excluding steroid dienone is 6. The van der Waals surface area contributed by atoms with Gasteiger partial charge in [-0.25, -0.2) is 0 Å². The molecule has 2 aliphatic carbocycles. The highest BCUT2D eigenvalue weighted by Crippen LogP contribution is 2.41. The van der Waals surface area contributed by atoms with Crippen molar-refractivity contribution in [1.82, 2.24) is 0 Å². The fourth-order valence-corrected chi connectivity index (χ4v) is 3.58. The van der Waals surface area contributed by atoms with E-state index in [1.54, 1.807) is 11.1 Å². The molecule has 0 aromatic carbocycles. The third kappa shape index (κ3) is 3.37. The van der Waals surface area contributed by atoms with Crippen LogP contribution in [0.4, 0.5) is 0 Å². The van der Waals surface area contributed by atoms with Crippen LogP contribution in [0.3, 0.4) is 0 Å². The van der Waals surface area contributed by atoms with Gasteiger partial charge in [0, 0.05) is 0 Å². The Morgan fingerprint density at radius 2 is 1.22 bits per heavy atom. The summed E-state index contributed by atoms with van der Waals surface area (Å²) in [5.74, 6) is 0. The lowest BCUT2D eigenvalue weighted by Crippen LogP contribution is -2.21. The summed E-state index contributed by atoms with van der Waals surface area (Å²) >= 11 is 0. The van der Waals surface area contributed by atoms with E-state index in [4.69, 9.17) is 0 Å². The molecule has 0 amide bonds. The summed E-state index contributed by atoms with van der Waals surface area (Å²) in [4.78, 5) is 0. The van der Waals surface area contributed by atoms with Gasteiger partial charge in [0.15, 0.2) is 0 Å². The molecular formula is C18H28. The lowest BCUT2D eigenvalue weighted by molar-refractivity contribution is 0.344. The van der Waals surface area contributed by atoms with Crippen LogP contribution in [-0.4, -0.2) is 0 Å². The predicted octanol–water partition coefficient (Wildman–Crippen LogP) is 5.82. The highest BCUT2D eigenvalue weighted by atomic mass is 14.3. The zero-order chi connectivity index (χ0) is 13.2. The van der Waals surface area contributed by atoms with Crippen molar-refractivity contribution in [2.24, 2.45) is 10.8 Å². The first-order valence-corrected chi connectivity index (χ1v) is 7.43. The van der Waals surface area contributed by atoms with Crippen LogP contribution < -0.4 is 0 Å². The Hall–Kier alpha value is -0.780. The molecule has 2 aliphatic rings. The van der Waals surface area contributed by atoms with Crippen molar-refractivity contribution in [2.75, 3.05) is 0 Å². The monoisotopic (exact) mass is 244 g/mol. The Balaban J connectivity index is 2.06. The lowest BCUT2D eigenvalue weighted by Gasteiger charge is -2.34. The number of hydrogen-bond acceptors (Lipinski definition) is 0. The van der Waals surface area contributed by atoms with Crippen molar-refractivity contribution in [2.45, 2.75) is 66.2 Å². The highest BCUT2D eigenvalue weighted by molar-refractivity contribution is 5.18. The summed E-state index contributed by atoms with van der Waals surface area (Å²) in [6.45, 7) is 9.41. The van der Waals surface area contributed by atoms with Crippen LogP contribution in [-0.2, 0) is 0 Å². The molecule has 0 saturated carbocycles. The summed E-state index contributed by atoms with van der Waals surface area (Å²) in [6.07, 6.45) is 17.5. The minimum Gasteiger partial charge on any atom is -0.0855 e. The smallest absolute Gasteiger partial charge is 0.0106 e. The molecule has 0 radical (unpaired) electrons. The molecule has 0 fully saturated rings. The van der Waals surface area contributed by atoms with Crippen molar-refractivity contribution < 1.29 is 0 Å². The van der Waals surface area contributed by atoms with Crippen molar-refractivity contribution in [1.29, 1.82) is 0 Å². The summed E-state index contributed by atoms with van der Waals surface area (Å²) in [6, 6.07) is 0. The first-order valence-electron chi connectivity index (χ1n) is 7.43. The SMILES string of the molecule is CC1=CCCC(C)(C=CC2(C)CCC=C(C)C2)C1. The molecule has 0 N–H and O–H groups in total. The minimum absolute atomic E-state index is 0.400. The van der Waals surface area contributed by atoms with Gasteiger partial charge in [-0.1, -0.05) is 49.3 Å². The third-order valence-corrected chi connectivity index (χ3v) is 4.67. The Labute approximate surface area is 113 Å². The Kier molecular flexibility index (Phi) is 3.84. The molecule has 0 aromatic heterocycles. The molecule has 2 unspecified atom stereocenters. The molecule has 2 rings (SSSR count). The van der Waals surface area contributed by atoms with Crippen LogP contribution >= 0.6 is 0 Å². The van der Waals surface area contributed by atoms with Crippen molar-refractivity contribution in [3.8, 4) is 0 Å². The molecule has 0 spiro atoms. The highest BCUT2D eigenvalue weighted by Gasteiger charge is 2.28. The second-order valence-electron chi connectivity index (χ2n) is 7.17. The maximum Gasteiger partial charge on any atom is -0.0106 e. The molecule has 100 valence electrons. The second-order valence-corrected chi connectivity index (χ2v) is 7.17. The molecule has 0 bridgehead atoms. The van der Waals surface area contributed by atoms with Gasteiger partial charge in [0.1, 0.15) is 0 Å². The van der Waals surface area contributed by atoms with Crippen LogP contribution in [0.25, 0.3) is 0 Å². The van der Waals surface area contributed by atoms with Gasteiger partial charge in [-0.05, 0) is 63.2 Å². The molecular weight excluding hydrogens is 216 g/mol. The molecule has 2 atom stereocenters. The van der Waals surface area contributed by atoms with Crippen LogP contribution in [0.2, 0.25) is 0 Å². The fourth-order valence-electron chi connectivity index (χ4n) is 3.58. The van der Waals surface area contributed by atoms with Crippen LogP contribution in [0.15, 0.2) is 35.5 Å². The maximum atomic E-state index is 2.53. The summed E-state index contributed by atoms with van der Waals surface area (Å²) in [7, 11) is 0. The maximum absolute atomic E-state index is 2.53. The normalized spacial score (nSPS) is 37.6. The molecule has 0 saturated heterocycles. The second kappa shape index (κ2) is 5.07. The number of rotatable bonds is 2. The van der Waals surface area contributed by atoms with E-state index in [-0.39, 0.29) is 0 Å². The quantitative estimate of drug-likeness (QED) is 0.537. The van der Waals surface area contributed by atoms with Crippen LogP contribution in [0.5, 0.6) is 0 Å². The molecule has 18 heavy (non-hydrogen) atoms. The van der Waals surface area contributed by atoms with Gasteiger partial charge in [0.2, 0.25) is 0 Å². The van der Waals surface area contributed by atoms with Gasteiger partial charge in [-0.3, -0.25) is 0 Å². The van der Waals surface area contributed by atoms with Crippen molar-refractivity contribution in [3.63, 3.8) is 0 Å². The van der Waals surface area contributed by atoms with E-state index in [2.05, 4.69) is 52.0 Å². The minimum atomic E-state index is 0.400. The Bertz CT molecular complexity index is 358. The van der Waals surface area contributed by atoms with Crippen molar-refractivity contribution in [3.05, 3.63) is 35.5 Å².